The Balaban J connectivity index is 5.03. The van der Waals surface area contributed by atoms with E-state index in [1.165, 1.54) is 6.92 Å². The molecule has 0 N–H and O–H groups in total. The smallest absolute Gasteiger partial charge is 0.463 e. The summed E-state index contributed by atoms with van der Waals surface area (Å²) in [5, 5.41) is 0. The Hall–Kier alpha value is -1.25. The zero-order chi connectivity index (χ0) is 15.1. The van der Waals surface area contributed by atoms with E-state index in [-0.39, 0.29) is 13.0 Å². The molecule has 0 aliphatic heterocycles. The normalized spacial score (nSPS) is 13.2. The van der Waals surface area contributed by atoms with Gasteiger partial charge in [-0.3, -0.25) is 0 Å². The van der Waals surface area contributed by atoms with Gasteiger partial charge in [-0.1, -0.05) is 13.3 Å². The number of carbonyl (C=O) groups excluding carboxylic acids is 1. The molecule has 0 aromatic heterocycles. The summed E-state index contributed by atoms with van der Waals surface area (Å²) in [6, 6.07) is 0. The molecule has 0 spiro atoms. The second kappa shape index (κ2) is 7.37. The second-order valence-electron chi connectivity index (χ2n) is 3.45. The summed E-state index contributed by atoms with van der Waals surface area (Å²) < 4.78 is 66.5. The van der Waals surface area contributed by atoms with Crippen molar-refractivity contribution in [3.8, 4) is 0 Å². The number of hydrogen-bond donors (Lipinski definition) is 0. The highest BCUT2D eigenvalue weighted by Gasteiger charge is 2.48. The number of unbranched alkanes of at least 4 members (excludes halogenated alkanes) is 1. The van der Waals surface area contributed by atoms with E-state index in [2.05, 4.69) is 8.92 Å². The van der Waals surface area contributed by atoms with Gasteiger partial charge in [0.2, 0.25) is 0 Å². The largest absolute Gasteiger partial charge is 0.534 e. The first-order chi connectivity index (χ1) is 8.64. The van der Waals surface area contributed by atoms with Crippen molar-refractivity contribution in [3.63, 3.8) is 0 Å². The van der Waals surface area contributed by atoms with E-state index in [1.54, 1.807) is 6.92 Å². The molecule has 0 aliphatic rings. The third kappa shape index (κ3) is 6.46. The van der Waals surface area contributed by atoms with Crippen molar-refractivity contribution in [1.82, 2.24) is 0 Å². The lowest BCUT2D eigenvalue weighted by molar-refractivity contribution is -0.137. The van der Waals surface area contributed by atoms with Crippen LogP contribution in [0, 0.1) is 0 Å². The van der Waals surface area contributed by atoms with Gasteiger partial charge in [0.25, 0.3) is 0 Å². The summed E-state index contributed by atoms with van der Waals surface area (Å²) in [4.78, 5) is 11.1. The monoisotopic (exact) mass is 304 g/mol. The summed E-state index contributed by atoms with van der Waals surface area (Å²) in [6.45, 7) is 3.27. The van der Waals surface area contributed by atoms with Gasteiger partial charge in [-0.15, -0.1) is 0 Å². The number of halogens is 3. The first-order valence-corrected chi connectivity index (χ1v) is 6.93. The van der Waals surface area contributed by atoms with Gasteiger partial charge in [-0.25, -0.2) is 4.79 Å². The molecule has 0 saturated carbocycles. The van der Waals surface area contributed by atoms with E-state index in [0.29, 0.717) is 18.9 Å². The predicted molar refractivity (Wildman–Crippen MR) is 60.3 cm³/mol. The average molecular weight is 304 g/mol. The first-order valence-electron chi connectivity index (χ1n) is 5.52. The fourth-order valence-corrected chi connectivity index (χ4v) is 1.50. The molecule has 19 heavy (non-hydrogen) atoms. The zero-order valence-electron chi connectivity index (χ0n) is 10.5. The fourth-order valence-electron chi connectivity index (χ4n) is 0.992. The molecule has 112 valence electrons. The highest BCUT2D eigenvalue weighted by molar-refractivity contribution is 7.87. The lowest BCUT2D eigenvalue weighted by Gasteiger charge is -2.12. The standard InChI is InChI=1S/C10H15F3O5S/c1-3-5-6-8(7-9(14)17-4-2)18-19(15,16)10(11,12)13/h7H,3-6H2,1-2H3/b8-7-. The molecule has 0 aromatic carbocycles. The first kappa shape index (κ1) is 17.8. The Morgan fingerprint density at radius 1 is 1.26 bits per heavy atom. The van der Waals surface area contributed by atoms with Gasteiger partial charge in [0, 0.05) is 6.42 Å². The Bertz CT molecular complexity index is 425. The third-order valence-corrected chi connectivity index (χ3v) is 2.84. The third-order valence-electron chi connectivity index (χ3n) is 1.84. The Kier molecular flexibility index (Phi) is 6.88. The van der Waals surface area contributed by atoms with Crippen LogP contribution in [0.2, 0.25) is 0 Å². The van der Waals surface area contributed by atoms with Gasteiger partial charge in [0.1, 0.15) is 5.76 Å². The van der Waals surface area contributed by atoms with E-state index in [4.69, 9.17) is 0 Å². The topological polar surface area (TPSA) is 69.7 Å². The van der Waals surface area contributed by atoms with Gasteiger partial charge < -0.3 is 8.92 Å². The van der Waals surface area contributed by atoms with E-state index in [0.717, 1.165) is 0 Å². The van der Waals surface area contributed by atoms with Crippen molar-refractivity contribution in [3.05, 3.63) is 11.8 Å². The van der Waals surface area contributed by atoms with Crippen molar-refractivity contribution < 1.29 is 35.3 Å². The van der Waals surface area contributed by atoms with E-state index < -0.39 is 27.4 Å². The van der Waals surface area contributed by atoms with Crippen LogP contribution in [0.1, 0.15) is 33.1 Å². The van der Waals surface area contributed by atoms with E-state index in [9.17, 15) is 26.4 Å². The van der Waals surface area contributed by atoms with Crippen LogP contribution in [0.5, 0.6) is 0 Å². The highest BCUT2D eigenvalue weighted by atomic mass is 32.2. The molecule has 0 radical (unpaired) electrons. The molecule has 0 heterocycles. The van der Waals surface area contributed by atoms with E-state index in [1.807, 2.05) is 0 Å². The zero-order valence-corrected chi connectivity index (χ0v) is 11.3. The number of rotatable bonds is 7. The number of alkyl halides is 3. The molecule has 0 amide bonds. The minimum absolute atomic E-state index is 0.0163. The van der Waals surface area contributed by atoms with Gasteiger partial charge in [0.15, 0.2) is 0 Å². The van der Waals surface area contributed by atoms with Crippen LogP contribution >= 0.6 is 0 Å². The predicted octanol–water partition coefficient (Wildman–Crippen LogP) is 2.49. The van der Waals surface area contributed by atoms with Crippen molar-refractivity contribution in [2.24, 2.45) is 0 Å². The Labute approximate surface area is 109 Å². The van der Waals surface area contributed by atoms with Crippen LogP contribution in [-0.4, -0.2) is 26.5 Å². The van der Waals surface area contributed by atoms with Crippen LogP contribution in [0.3, 0.4) is 0 Å². The molecule has 0 atom stereocenters. The molecule has 0 aromatic rings. The van der Waals surface area contributed by atoms with Gasteiger partial charge in [-0.2, -0.15) is 21.6 Å². The molecule has 0 saturated heterocycles. The minimum atomic E-state index is -5.76. The number of allylic oxidation sites excluding steroid dienone is 1. The minimum Gasteiger partial charge on any atom is -0.463 e. The summed E-state index contributed by atoms with van der Waals surface area (Å²) in [5.74, 6) is -1.54. The molecule has 5 nitrogen and oxygen atoms in total. The highest BCUT2D eigenvalue weighted by Crippen LogP contribution is 2.27. The molecule has 0 fully saturated rings. The maximum absolute atomic E-state index is 12.1. The fraction of sp³-hybridized carbons (Fsp3) is 0.700. The Morgan fingerprint density at radius 3 is 2.26 bits per heavy atom. The maximum Gasteiger partial charge on any atom is 0.534 e. The van der Waals surface area contributed by atoms with Crippen LogP contribution < -0.4 is 0 Å². The van der Waals surface area contributed by atoms with Gasteiger partial charge in [0.05, 0.1) is 12.7 Å². The molecular weight excluding hydrogens is 289 g/mol. The second-order valence-corrected chi connectivity index (χ2v) is 4.99. The van der Waals surface area contributed by atoms with Crippen LogP contribution in [-0.2, 0) is 23.8 Å². The molecule has 9 heteroatoms. The van der Waals surface area contributed by atoms with Crippen molar-refractivity contribution in [2.45, 2.75) is 38.6 Å². The summed E-state index contributed by atoms with van der Waals surface area (Å²) >= 11 is 0. The average Bonchev–Trinajstić information content (AvgIpc) is 2.24. The SMILES string of the molecule is CCCC/C(=C/C(=O)OCC)OS(=O)(=O)C(F)(F)F. The van der Waals surface area contributed by atoms with Gasteiger partial charge in [-0.05, 0) is 13.3 Å². The number of ether oxygens (including phenoxy) is 1. The number of carbonyl (C=O) groups is 1. The summed E-state index contributed by atoms with van der Waals surface area (Å²) in [7, 11) is -5.76. The summed E-state index contributed by atoms with van der Waals surface area (Å²) in [5.41, 5.74) is -5.53. The number of esters is 1. The lowest BCUT2D eigenvalue weighted by Crippen LogP contribution is -2.25. The molecule has 0 aliphatic carbocycles. The van der Waals surface area contributed by atoms with Crippen molar-refractivity contribution in [2.75, 3.05) is 6.61 Å². The molecule has 0 rings (SSSR count). The van der Waals surface area contributed by atoms with E-state index >= 15 is 0 Å². The van der Waals surface area contributed by atoms with Gasteiger partial charge >= 0.3 is 21.6 Å². The Morgan fingerprint density at radius 2 is 1.84 bits per heavy atom. The maximum atomic E-state index is 12.1. The number of hydrogen-bond acceptors (Lipinski definition) is 5. The molecule has 0 unspecified atom stereocenters. The van der Waals surface area contributed by atoms with Crippen LogP contribution in [0.25, 0.3) is 0 Å². The van der Waals surface area contributed by atoms with Crippen molar-refractivity contribution in [1.29, 1.82) is 0 Å². The molecular formula is C10H15F3O5S. The van der Waals surface area contributed by atoms with Crippen LogP contribution in [0.4, 0.5) is 13.2 Å². The van der Waals surface area contributed by atoms with Crippen LogP contribution in [0.15, 0.2) is 11.8 Å². The van der Waals surface area contributed by atoms with Crippen molar-refractivity contribution >= 4 is 16.1 Å². The lowest BCUT2D eigenvalue weighted by atomic mass is 10.2. The molecule has 0 bridgehead atoms. The summed E-state index contributed by atoms with van der Waals surface area (Å²) in [6.07, 6.45) is 1.47. The quantitative estimate of drug-likeness (QED) is 0.238.